The van der Waals surface area contributed by atoms with Crippen molar-refractivity contribution in [2.45, 2.75) is 52.1 Å². The number of rotatable bonds is 4. The van der Waals surface area contributed by atoms with Gasteiger partial charge < -0.3 is 4.90 Å². The lowest BCUT2D eigenvalue weighted by atomic mass is 10.2. The van der Waals surface area contributed by atoms with Gasteiger partial charge in [-0.2, -0.15) is 5.10 Å². The molecule has 128 valence electrons. The van der Waals surface area contributed by atoms with E-state index in [2.05, 4.69) is 15.1 Å². The lowest BCUT2D eigenvalue weighted by Crippen LogP contribution is -2.39. The van der Waals surface area contributed by atoms with E-state index in [1.807, 2.05) is 42.7 Å². The quantitative estimate of drug-likeness (QED) is 0.852. The maximum atomic E-state index is 13.0. The fraction of sp³-hybridized carbons (Fsp3) is 0.529. The van der Waals surface area contributed by atoms with Gasteiger partial charge in [-0.15, -0.1) is 0 Å². The fourth-order valence-corrected chi connectivity index (χ4v) is 3.19. The molecule has 3 rings (SSSR count). The summed E-state index contributed by atoms with van der Waals surface area (Å²) in [5.41, 5.74) is 1.42. The molecule has 1 unspecified atom stereocenters. The number of halogens is 1. The first kappa shape index (κ1) is 16.9. The number of hydrogen-bond donors (Lipinski definition) is 0. The molecule has 0 N–H and O–H groups in total. The summed E-state index contributed by atoms with van der Waals surface area (Å²) < 4.78 is 1.90. The van der Waals surface area contributed by atoms with Gasteiger partial charge in [0.15, 0.2) is 5.69 Å². The third-order valence-electron chi connectivity index (χ3n) is 4.28. The van der Waals surface area contributed by atoms with Gasteiger partial charge in [-0.25, -0.2) is 9.97 Å². The Kier molecular flexibility index (Phi) is 4.85. The topological polar surface area (TPSA) is 63.9 Å². The van der Waals surface area contributed by atoms with Crippen molar-refractivity contribution in [3.8, 4) is 0 Å². The van der Waals surface area contributed by atoms with Gasteiger partial charge in [-0.05, 0) is 25.3 Å². The van der Waals surface area contributed by atoms with Gasteiger partial charge in [0, 0.05) is 18.7 Å². The van der Waals surface area contributed by atoms with Crippen LogP contribution in [0.4, 0.5) is 0 Å². The van der Waals surface area contributed by atoms with Crippen molar-refractivity contribution in [3.05, 3.63) is 40.7 Å². The molecule has 24 heavy (non-hydrogen) atoms. The molecule has 1 amide bonds. The standard InChI is InChI=1S/C17H22ClN5O/c1-11(2)16-19-8-14(18)15(21-16)17(24)23-6-4-5-13(23)10-22-9-12(3)7-20-22/h7-9,11,13H,4-6,10H2,1-3H3. The second kappa shape index (κ2) is 6.89. The predicted octanol–water partition coefficient (Wildman–Crippen LogP) is 3.06. The molecule has 1 aliphatic heterocycles. The summed E-state index contributed by atoms with van der Waals surface area (Å²) in [4.78, 5) is 23.5. The van der Waals surface area contributed by atoms with Crippen LogP contribution in [0, 0.1) is 6.92 Å². The van der Waals surface area contributed by atoms with E-state index in [4.69, 9.17) is 11.6 Å². The Morgan fingerprint density at radius 3 is 2.88 bits per heavy atom. The van der Waals surface area contributed by atoms with Gasteiger partial charge >= 0.3 is 0 Å². The Hall–Kier alpha value is -1.95. The molecule has 0 radical (unpaired) electrons. The SMILES string of the molecule is Cc1cnn(CC2CCCN2C(=O)c2nc(C(C)C)ncc2Cl)c1. The number of carbonyl (C=O) groups excluding carboxylic acids is 1. The molecule has 0 aliphatic carbocycles. The summed E-state index contributed by atoms with van der Waals surface area (Å²) in [7, 11) is 0. The number of carbonyl (C=O) groups is 1. The number of amides is 1. The summed E-state index contributed by atoms with van der Waals surface area (Å²) >= 11 is 6.20. The van der Waals surface area contributed by atoms with E-state index < -0.39 is 0 Å². The number of likely N-dealkylation sites (tertiary alicyclic amines) is 1. The zero-order valence-electron chi connectivity index (χ0n) is 14.2. The average molecular weight is 348 g/mol. The minimum absolute atomic E-state index is 0.115. The minimum Gasteiger partial charge on any atom is -0.332 e. The lowest BCUT2D eigenvalue weighted by Gasteiger charge is -2.25. The van der Waals surface area contributed by atoms with E-state index in [0.717, 1.165) is 24.9 Å². The summed E-state index contributed by atoms with van der Waals surface area (Å²) in [5.74, 6) is 0.673. The number of aryl methyl sites for hydroxylation is 1. The number of hydrogen-bond acceptors (Lipinski definition) is 4. The van der Waals surface area contributed by atoms with Gasteiger partial charge in [0.1, 0.15) is 5.82 Å². The van der Waals surface area contributed by atoms with Crippen molar-refractivity contribution in [2.24, 2.45) is 0 Å². The molecule has 0 spiro atoms. The van der Waals surface area contributed by atoms with Gasteiger partial charge in [0.25, 0.3) is 5.91 Å². The van der Waals surface area contributed by atoms with Crippen LogP contribution in [-0.2, 0) is 6.54 Å². The van der Waals surface area contributed by atoms with Crippen LogP contribution < -0.4 is 0 Å². The molecule has 1 saturated heterocycles. The smallest absolute Gasteiger partial charge is 0.274 e. The molecule has 0 saturated carbocycles. The summed E-state index contributed by atoms with van der Waals surface area (Å²) in [5, 5.41) is 4.64. The van der Waals surface area contributed by atoms with Gasteiger partial charge in [0.2, 0.25) is 0 Å². The molecule has 0 bridgehead atoms. The van der Waals surface area contributed by atoms with Crippen molar-refractivity contribution in [1.29, 1.82) is 0 Å². The van der Waals surface area contributed by atoms with Crippen LogP contribution in [0.25, 0.3) is 0 Å². The zero-order chi connectivity index (χ0) is 17.3. The maximum Gasteiger partial charge on any atom is 0.274 e. The summed E-state index contributed by atoms with van der Waals surface area (Å²) in [6.45, 7) is 7.42. The molecule has 7 heteroatoms. The lowest BCUT2D eigenvalue weighted by molar-refractivity contribution is 0.0715. The molecular formula is C17H22ClN5O. The molecular weight excluding hydrogens is 326 g/mol. The van der Waals surface area contributed by atoms with Gasteiger partial charge in [0.05, 0.1) is 30.0 Å². The van der Waals surface area contributed by atoms with Crippen LogP contribution in [-0.4, -0.2) is 43.1 Å². The second-order valence-corrected chi connectivity index (χ2v) is 7.02. The van der Waals surface area contributed by atoms with Crippen LogP contribution in [0.5, 0.6) is 0 Å². The highest BCUT2D eigenvalue weighted by Crippen LogP contribution is 2.24. The van der Waals surface area contributed by atoms with E-state index in [1.54, 1.807) is 0 Å². The number of nitrogens with zero attached hydrogens (tertiary/aromatic N) is 5. The maximum absolute atomic E-state index is 13.0. The van der Waals surface area contributed by atoms with E-state index in [-0.39, 0.29) is 17.9 Å². The average Bonchev–Trinajstić information content (AvgIpc) is 3.16. The first-order chi connectivity index (χ1) is 11.5. The van der Waals surface area contributed by atoms with Crippen LogP contribution in [0.15, 0.2) is 18.6 Å². The Morgan fingerprint density at radius 1 is 1.42 bits per heavy atom. The zero-order valence-corrected chi connectivity index (χ0v) is 15.0. The number of aromatic nitrogens is 4. The van der Waals surface area contributed by atoms with Crippen LogP contribution in [0.1, 0.15) is 54.5 Å². The normalized spacial score (nSPS) is 17.7. The second-order valence-electron chi connectivity index (χ2n) is 6.61. The van der Waals surface area contributed by atoms with Crippen molar-refractivity contribution >= 4 is 17.5 Å². The largest absolute Gasteiger partial charge is 0.332 e. The minimum atomic E-state index is -0.115. The molecule has 3 heterocycles. The first-order valence-corrected chi connectivity index (χ1v) is 8.66. The highest BCUT2D eigenvalue weighted by Gasteiger charge is 2.32. The fourth-order valence-electron chi connectivity index (χ4n) is 3.02. The van der Waals surface area contributed by atoms with E-state index >= 15 is 0 Å². The monoisotopic (exact) mass is 347 g/mol. The highest BCUT2D eigenvalue weighted by molar-refractivity contribution is 6.33. The third kappa shape index (κ3) is 3.43. The summed E-state index contributed by atoms with van der Waals surface area (Å²) in [6.07, 6.45) is 7.30. The van der Waals surface area contributed by atoms with Crippen molar-refractivity contribution < 1.29 is 4.79 Å². The van der Waals surface area contributed by atoms with Gasteiger partial charge in [-0.3, -0.25) is 9.48 Å². The predicted molar refractivity (Wildman–Crippen MR) is 92.2 cm³/mol. The molecule has 2 aromatic rings. The Balaban J connectivity index is 1.82. The molecule has 2 aromatic heterocycles. The molecule has 1 aliphatic rings. The van der Waals surface area contributed by atoms with Crippen molar-refractivity contribution in [3.63, 3.8) is 0 Å². The van der Waals surface area contributed by atoms with Crippen LogP contribution in [0.3, 0.4) is 0 Å². The molecule has 1 atom stereocenters. The third-order valence-corrected chi connectivity index (χ3v) is 4.56. The van der Waals surface area contributed by atoms with Crippen molar-refractivity contribution in [1.82, 2.24) is 24.6 Å². The van der Waals surface area contributed by atoms with Crippen LogP contribution in [0.2, 0.25) is 5.02 Å². The Bertz CT molecular complexity index is 742. The van der Waals surface area contributed by atoms with Gasteiger partial charge in [-0.1, -0.05) is 25.4 Å². The first-order valence-electron chi connectivity index (χ1n) is 8.28. The van der Waals surface area contributed by atoms with Crippen molar-refractivity contribution in [2.75, 3.05) is 6.54 Å². The summed E-state index contributed by atoms with van der Waals surface area (Å²) in [6, 6.07) is 0.116. The molecule has 1 fully saturated rings. The molecule has 0 aromatic carbocycles. The molecule has 6 nitrogen and oxygen atoms in total. The van der Waals surface area contributed by atoms with E-state index in [1.165, 1.54) is 6.20 Å². The Morgan fingerprint density at radius 2 is 2.21 bits per heavy atom. The van der Waals surface area contributed by atoms with Crippen LogP contribution >= 0.6 is 11.6 Å². The highest BCUT2D eigenvalue weighted by atomic mass is 35.5. The Labute approximate surface area is 146 Å². The van der Waals surface area contributed by atoms with E-state index in [9.17, 15) is 4.79 Å². The van der Waals surface area contributed by atoms with E-state index in [0.29, 0.717) is 23.1 Å².